The fraction of sp³-hybridized carbons (Fsp3) is 0.500. The van der Waals surface area contributed by atoms with E-state index in [9.17, 15) is 10.1 Å². The summed E-state index contributed by atoms with van der Waals surface area (Å²) >= 11 is 5.30. The third-order valence-electron chi connectivity index (χ3n) is 3.61. The number of anilines is 1. The second-order valence-electron chi connectivity index (χ2n) is 5.19. The summed E-state index contributed by atoms with van der Waals surface area (Å²) in [7, 11) is 0. The highest BCUT2D eigenvalue weighted by atomic mass is 32.1. The largest absolute Gasteiger partial charge is 0.360 e. The number of benzene rings is 1. The van der Waals surface area contributed by atoms with Crippen LogP contribution < -0.4 is 10.6 Å². The van der Waals surface area contributed by atoms with Crippen LogP contribution in [0.5, 0.6) is 0 Å². The molecule has 1 saturated carbocycles. The first-order valence-corrected chi connectivity index (χ1v) is 7.29. The fourth-order valence-corrected chi connectivity index (χ4v) is 2.77. The molecule has 0 spiro atoms. The van der Waals surface area contributed by atoms with E-state index in [1.54, 1.807) is 12.1 Å². The van der Waals surface area contributed by atoms with Crippen molar-refractivity contribution in [2.75, 3.05) is 5.32 Å². The van der Waals surface area contributed by atoms with E-state index in [2.05, 4.69) is 10.6 Å². The van der Waals surface area contributed by atoms with Gasteiger partial charge < -0.3 is 10.6 Å². The molecule has 0 unspecified atom stereocenters. The van der Waals surface area contributed by atoms with Crippen molar-refractivity contribution in [1.82, 2.24) is 5.32 Å². The van der Waals surface area contributed by atoms with Crippen LogP contribution in [0.4, 0.5) is 11.4 Å². The van der Waals surface area contributed by atoms with E-state index < -0.39 is 4.92 Å². The van der Waals surface area contributed by atoms with Crippen LogP contribution in [-0.4, -0.2) is 16.1 Å². The molecule has 5 nitrogen and oxygen atoms in total. The van der Waals surface area contributed by atoms with E-state index in [-0.39, 0.29) is 5.69 Å². The molecule has 0 amide bonds. The van der Waals surface area contributed by atoms with Crippen molar-refractivity contribution in [3.63, 3.8) is 0 Å². The van der Waals surface area contributed by atoms with Crippen molar-refractivity contribution < 1.29 is 4.92 Å². The second-order valence-corrected chi connectivity index (χ2v) is 5.60. The first kappa shape index (κ1) is 14.7. The molecule has 2 rings (SSSR count). The highest BCUT2D eigenvalue weighted by molar-refractivity contribution is 7.80. The molecular formula is C14H19N3O2S. The van der Waals surface area contributed by atoms with Gasteiger partial charge in [0.2, 0.25) is 0 Å². The molecule has 0 radical (unpaired) electrons. The number of nitrogens with one attached hydrogen (secondary N) is 2. The normalized spacial score (nSPS) is 15.7. The molecule has 0 heterocycles. The van der Waals surface area contributed by atoms with Gasteiger partial charge in [0.1, 0.15) is 0 Å². The Morgan fingerprint density at radius 2 is 2.05 bits per heavy atom. The fourth-order valence-electron chi connectivity index (χ4n) is 2.49. The van der Waals surface area contributed by atoms with Crippen LogP contribution in [-0.2, 0) is 0 Å². The van der Waals surface area contributed by atoms with Crippen molar-refractivity contribution in [2.24, 2.45) is 0 Å². The van der Waals surface area contributed by atoms with Crippen molar-refractivity contribution >= 4 is 28.7 Å². The molecule has 108 valence electrons. The Labute approximate surface area is 123 Å². The summed E-state index contributed by atoms with van der Waals surface area (Å²) in [6.07, 6.45) is 6.11. The quantitative estimate of drug-likeness (QED) is 0.507. The van der Waals surface area contributed by atoms with Gasteiger partial charge in [0.15, 0.2) is 5.11 Å². The van der Waals surface area contributed by atoms with Crippen LogP contribution in [0.2, 0.25) is 0 Å². The topological polar surface area (TPSA) is 67.2 Å². The summed E-state index contributed by atoms with van der Waals surface area (Å²) in [6.45, 7) is 1.83. The lowest BCUT2D eigenvalue weighted by Gasteiger charge is -2.24. The summed E-state index contributed by atoms with van der Waals surface area (Å²) in [6, 6.07) is 5.17. The van der Waals surface area contributed by atoms with Crippen molar-refractivity contribution in [2.45, 2.75) is 45.1 Å². The van der Waals surface area contributed by atoms with Gasteiger partial charge in [0.25, 0.3) is 5.69 Å². The van der Waals surface area contributed by atoms with Gasteiger partial charge in [0, 0.05) is 23.9 Å². The van der Waals surface area contributed by atoms with Gasteiger partial charge in [-0.15, -0.1) is 0 Å². The average molecular weight is 293 g/mol. The van der Waals surface area contributed by atoms with Crippen LogP contribution in [0, 0.1) is 17.0 Å². The zero-order chi connectivity index (χ0) is 14.5. The summed E-state index contributed by atoms with van der Waals surface area (Å²) in [4.78, 5) is 10.3. The SMILES string of the molecule is Cc1cc([N+](=O)[O-])ccc1NC(=S)NC1CCCCC1. The van der Waals surface area contributed by atoms with Gasteiger partial charge in [0.05, 0.1) is 4.92 Å². The molecule has 1 aliphatic rings. The molecule has 0 atom stereocenters. The zero-order valence-corrected chi connectivity index (χ0v) is 12.3. The number of aryl methyl sites for hydroxylation is 1. The lowest BCUT2D eigenvalue weighted by Crippen LogP contribution is -2.38. The molecule has 0 aliphatic heterocycles. The number of hydrogen-bond acceptors (Lipinski definition) is 3. The maximum atomic E-state index is 10.7. The Bertz CT molecular complexity index is 513. The van der Waals surface area contributed by atoms with Crippen LogP contribution in [0.25, 0.3) is 0 Å². The molecule has 20 heavy (non-hydrogen) atoms. The maximum Gasteiger partial charge on any atom is 0.269 e. The Kier molecular flexibility index (Phi) is 4.89. The van der Waals surface area contributed by atoms with E-state index in [4.69, 9.17) is 12.2 Å². The number of nitro groups is 1. The van der Waals surface area contributed by atoms with Gasteiger partial charge >= 0.3 is 0 Å². The summed E-state index contributed by atoms with van der Waals surface area (Å²) in [5.74, 6) is 0. The number of non-ortho nitro benzene ring substituents is 1. The van der Waals surface area contributed by atoms with Crippen LogP contribution in [0.3, 0.4) is 0 Å². The predicted octanol–water partition coefficient (Wildman–Crippen LogP) is 3.52. The average Bonchev–Trinajstić information content (AvgIpc) is 2.42. The smallest absolute Gasteiger partial charge is 0.269 e. The standard InChI is InChI=1S/C14H19N3O2S/c1-10-9-12(17(18)19)7-8-13(10)16-14(20)15-11-5-3-2-4-6-11/h7-9,11H,2-6H2,1H3,(H2,15,16,20). The summed E-state index contributed by atoms with van der Waals surface area (Å²) < 4.78 is 0. The number of thiocarbonyl (C=S) groups is 1. The summed E-state index contributed by atoms with van der Waals surface area (Å²) in [5.41, 5.74) is 1.72. The van der Waals surface area contributed by atoms with Gasteiger partial charge in [-0.3, -0.25) is 10.1 Å². The minimum Gasteiger partial charge on any atom is -0.360 e. The van der Waals surface area contributed by atoms with E-state index in [1.165, 1.54) is 25.3 Å². The first-order chi connectivity index (χ1) is 9.56. The molecule has 1 aromatic rings. The Morgan fingerprint density at radius 3 is 2.65 bits per heavy atom. The molecule has 1 aromatic carbocycles. The molecule has 1 aliphatic carbocycles. The zero-order valence-electron chi connectivity index (χ0n) is 11.5. The number of nitro benzene ring substituents is 1. The molecular weight excluding hydrogens is 274 g/mol. The minimum absolute atomic E-state index is 0.0965. The molecule has 1 fully saturated rings. The first-order valence-electron chi connectivity index (χ1n) is 6.89. The van der Waals surface area contributed by atoms with Crippen LogP contribution in [0.1, 0.15) is 37.7 Å². The van der Waals surface area contributed by atoms with E-state index in [0.717, 1.165) is 24.1 Å². The van der Waals surface area contributed by atoms with Gasteiger partial charge in [-0.25, -0.2) is 0 Å². The number of nitrogens with zero attached hydrogens (tertiary/aromatic N) is 1. The van der Waals surface area contributed by atoms with E-state index in [1.807, 2.05) is 6.92 Å². The van der Waals surface area contributed by atoms with E-state index in [0.29, 0.717) is 11.2 Å². The molecule has 0 aromatic heterocycles. The highest BCUT2D eigenvalue weighted by Gasteiger charge is 2.14. The Morgan fingerprint density at radius 1 is 1.35 bits per heavy atom. The Hall–Kier alpha value is -1.69. The predicted molar refractivity (Wildman–Crippen MR) is 84.1 cm³/mol. The molecule has 6 heteroatoms. The van der Waals surface area contributed by atoms with Crippen LogP contribution in [0.15, 0.2) is 18.2 Å². The van der Waals surface area contributed by atoms with Crippen molar-refractivity contribution in [3.8, 4) is 0 Å². The third-order valence-corrected chi connectivity index (χ3v) is 3.83. The Balaban J connectivity index is 1.95. The summed E-state index contributed by atoms with van der Waals surface area (Å²) in [5, 5.41) is 17.7. The van der Waals surface area contributed by atoms with E-state index >= 15 is 0 Å². The third kappa shape index (κ3) is 3.90. The second kappa shape index (κ2) is 6.65. The van der Waals surface area contributed by atoms with Crippen molar-refractivity contribution in [1.29, 1.82) is 0 Å². The van der Waals surface area contributed by atoms with Crippen LogP contribution >= 0.6 is 12.2 Å². The number of hydrogen-bond donors (Lipinski definition) is 2. The minimum atomic E-state index is -0.393. The monoisotopic (exact) mass is 293 g/mol. The van der Waals surface area contributed by atoms with Gasteiger partial charge in [-0.1, -0.05) is 19.3 Å². The number of rotatable bonds is 3. The molecule has 2 N–H and O–H groups in total. The van der Waals surface area contributed by atoms with Gasteiger partial charge in [-0.2, -0.15) is 0 Å². The maximum absolute atomic E-state index is 10.7. The molecule has 0 bridgehead atoms. The van der Waals surface area contributed by atoms with Gasteiger partial charge in [-0.05, 0) is 43.6 Å². The highest BCUT2D eigenvalue weighted by Crippen LogP contribution is 2.22. The lowest BCUT2D eigenvalue weighted by molar-refractivity contribution is -0.384. The molecule has 0 saturated heterocycles. The lowest BCUT2D eigenvalue weighted by atomic mass is 9.96. The van der Waals surface area contributed by atoms with Crippen molar-refractivity contribution in [3.05, 3.63) is 33.9 Å².